The van der Waals surface area contributed by atoms with Gasteiger partial charge in [-0.15, -0.1) is 0 Å². The molecule has 0 fully saturated rings. The highest BCUT2D eigenvalue weighted by molar-refractivity contribution is 5.86. The van der Waals surface area contributed by atoms with Crippen molar-refractivity contribution in [2.45, 2.75) is 161 Å². The zero-order valence-electron chi connectivity index (χ0n) is 25.0. The average Bonchev–Trinajstić information content (AvgIpc) is 2.94. The molecular weight excluding hydrogens is 452 g/mol. The number of carbonyl (C=O) groups is 1. The molecule has 37 heavy (non-hydrogen) atoms. The number of rotatable bonds is 1. The Labute approximate surface area is 232 Å². The Morgan fingerprint density at radius 1 is 0.459 bits per heavy atom. The van der Waals surface area contributed by atoms with Crippen LogP contribution in [0.4, 0.5) is 0 Å². The summed E-state index contributed by atoms with van der Waals surface area (Å²) < 4.78 is 4.27. The fourth-order valence-electron chi connectivity index (χ4n) is 4.58. The molecule has 0 atom stereocenters. The third-order valence-electron chi connectivity index (χ3n) is 7.01. The van der Waals surface area contributed by atoms with Crippen molar-refractivity contribution in [3.05, 3.63) is 48.6 Å². The predicted molar refractivity (Wildman–Crippen MR) is 165 cm³/mol. The second-order valence-electron chi connectivity index (χ2n) is 10.8. The van der Waals surface area contributed by atoms with E-state index in [1.165, 1.54) is 161 Å². The first kappa shape index (κ1) is 35.4. The van der Waals surface area contributed by atoms with Crippen LogP contribution in [0.1, 0.15) is 161 Å². The van der Waals surface area contributed by atoms with Gasteiger partial charge in [0.2, 0.25) is 0 Å². The van der Waals surface area contributed by atoms with Gasteiger partial charge in [0.1, 0.15) is 0 Å². The lowest BCUT2D eigenvalue weighted by Crippen LogP contribution is -1.98. The predicted octanol–water partition coefficient (Wildman–Crippen LogP) is 11.8. The first-order valence-corrected chi connectivity index (χ1v) is 15.9. The summed E-state index contributed by atoms with van der Waals surface area (Å²) in [5.74, 6) is -0.347. The van der Waals surface area contributed by atoms with Gasteiger partial charge in [-0.05, 0) is 84.0 Å². The van der Waals surface area contributed by atoms with E-state index in [1.54, 1.807) is 6.92 Å². The molecule has 0 heterocycles. The maximum atomic E-state index is 10.2. The van der Waals surface area contributed by atoms with E-state index >= 15 is 0 Å². The van der Waals surface area contributed by atoms with Crippen molar-refractivity contribution in [2.75, 3.05) is 7.11 Å². The minimum Gasteiger partial charge on any atom is -0.466 e. The van der Waals surface area contributed by atoms with Gasteiger partial charge in [-0.25, -0.2) is 4.79 Å². The smallest absolute Gasteiger partial charge is 0.332 e. The van der Waals surface area contributed by atoms with Crippen LogP contribution in [0.15, 0.2) is 48.6 Å². The summed E-state index contributed by atoms with van der Waals surface area (Å²) >= 11 is 0. The Morgan fingerprint density at radius 3 is 0.784 bits per heavy atom. The summed E-state index contributed by atoms with van der Waals surface area (Å²) in [6, 6.07) is 0. The Hall–Kier alpha value is -1.57. The van der Waals surface area contributed by atoms with Crippen molar-refractivity contribution >= 4 is 5.97 Å². The number of hydrogen-bond donors (Lipinski definition) is 0. The normalized spacial score (nSPS) is 22.2. The fraction of sp³-hybridized carbons (Fsp3) is 0.743. The van der Waals surface area contributed by atoms with E-state index in [-0.39, 0.29) is 5.97 Å². The molecule has 0 aromatic carbocycles. The molecule has 0 N–H and O–H groups in total. The number of ether oxygens (including phenoxy) is 1. The van der Waals surface area contributed by atoms with E-state index in [0.29, 0.717) is 5.57 Å². The lowest BCUT2D eigenvalue weighted by atomic mass is 10.1. The Bertz CT molecular complexity index is 486. The van der Waals surface area contributed by atoms with Gasteiger partial charge in [0.05, 0.1) is 7.11 Å². The van der Waals surface area contributed by atoms with Gasteiger partial charge in [0.15, 0.2) is 0 Å². The minimum atomic E-state index is -0.347. The highest BCUT2D eigenvalue weighted by atomic mass is 16.5. The van der Waals surface area contributed by atoms with Gasteiger partial charge in [-0.2, -0.15) is 0 Å². The molecule has 3 aliphatic rings. The fourth-order valence-corrected chi connectivity index (χ4v) is 4.58. The topological polar surface area (TPSA) is 26.3 Å². The van der Waals surface area contributed by atoms with Crippen LogP contribution in [0.5, 0.6) is 0 Å². The third-order valence-corrected chi connectivity index (χ3v) is 7.01. The molecule has 0 amide bonds. The SMILES string of the molecule is C1=C\CCCCCCCC/1.C1=C\CCCCCCCC/1.C1=C\CCCCCCCC/1.C=C(C)C(=O)OC. The van der Waals surface area contributed by atoms with Crippen LogP contribution in [0.2, 0.25) is 0 Å². The Balaban J connectivity index is 0.000000472. The van der Waals surface area contributed by atoms with E-state index in [2.05, 4.69) is 47.8 Å². The molecule has 0 aromatic rings. The number of hydrogen-bond acceptors (Lipinski definition) is 2. The number of methoxy groups -OCH3 is 1. The molecule has 0 saturated heterocycles. The summed E-state index contributed by atoms with van der Waals surface area (Å²) in [7, 11) is 1.33. The maximum Gasteiger partial charge on any atom is 0.332 e. The van der Waals surface area contributed by atoms with Gasteiger partial charge >= 0.3 is 5.97 Å². The van der Waals surface area contributed by atoms with Crippen LogP contribution in [0.3, 0.4) is 0 Å². The first-order chi connectivity index (χ1) is 18.2. The molecule has 0 aliphatic heterocycles. The maximum absolute atomic E-state index is 10.2. The molecule has 0 radical (unpaired) electrons. The van der Waals surface area contributed by atoms with E-state index in [9.17, 15) is 4.79 Å². The van der Waals surface area contributed by atoms with Crippen LogP contribution < -0.4 is 0 Å². The summed E-state index contributed by atoms with van der Waals surface area (Å²) in [6.07, 6.45) is 48.0. The van der Waals surface area contributed by atoms with Crippen LogP contribution in [0.25, 0.3) is 0 Å². The van der Waals surface area contributed by atoms with Gasteiger partial charge < -0.3 is 4.74 Å². The van der Waals surface area contributed by atoms with Gasteiger partial charge in [0, 0.05) is 5.57 Å². The van der Waals surface area contributed by atoms with Gasteiger partial charge in [-0.1, -0.05) is 120 Å². The van der Waals surface area contributed by atoms with E-state index in [4.69, 9.17) is 0 Å². The van der Waals surface area contributed by atoms with Gasteiger partial charge in [0.25, 0.3) is 0 Å². The van der Waals surface area contributed by atoms with E-state index in [0.717, 1.165) is 0 Å². The molecule has 214 valence electrons. The second kappa shape index (κ2) is 30.7. The Morgan fingerprint density at radius 2 is 0.649 bits per heavy atom. The van der Waals surface area contributed by atoms with Crippen molar-refractivity contribution in [1.82, 2.24) is 0 Å². The zero-order valence-corrected chi connectivity index (χ0v) is 25.0. The summed E-state index contributed by atoms with van der Waals surface area (Å²) in [6.45, 7) is 4.95. The third kappa shape index (κ3) is 30.5. The molecule has 0 saturated carbocycles. The molecule has 0 bridgehead atoms. The van der Waals surface area contributed by atoms with Crippen LogP contribution in [0, 0.1) is 0 Å². The quantitative estimate of drug-likeness (QED) is 0.197. The average molecular weight is 515 g/mol. The first-order valence-electron chi connectivity index (χ1n) is 15.9. The lowest BCUT2D eigenvalue weighted by molar-refractivity contribution is -0.136. The van der Waals surface area contributed by atoms with Crippen molar-refractivity contribution in [3.63, 3.8) is 0 Å². The standard InChI is InChI=1S/3C10H18.C5H8O2/c3*1-2-4-6-8-10-9-7-5-3-1;1-4(2)5(6)7-3/h3*1-2H,3-10H2;1H2,2-3H3/b3*2-1-;. The molecular formula is C35H62O2. The molecule has 0 unspecified atom stereocenters. The van der Waals surface area contributed by atoms with E-state index in [1.807, 2.05) is 0 Å². The second-order valence-corrected chi connectivity index (χ2v) is 10.8. The van der Waals surface area contributed by atoms with Crippen LogP contribution in [-0.4, -0.2) is 13.1 Å². The Kier molecular flexibility index (Phi) is 29.4. The summed E-state index contributed by atoms with van der Waals surface area (Å²) in [5, 5.41) is 0. The lowest BCUT2D eigenvalue weighted by Gasteiger charge is -2.01. The van der Waals surface area contributed by atoms with Crippen molar-refractivity contribution in [2.24, 2.45) is 0 Å². The van der Waals surface area contributed by atoms with Crippen LogP contribution >= 0.6 is 0 Å². The van der Waals surface area contributed by atoms with Crippen LogP contribution in [-0.2, 0) is 9.53 Å². The number of esters is 1. The number of allylic oxidation sites excluding steroid dienone is 6. The highest BCUT2D eigenvalue weighted by Crippen LogP contribution is 2.13. The largest absolute Gasteiger partial charge is 0.466 e. The molecule has 2 heteroatoms. The highest BCUT2D eigenvalue weighted by Gasteiger charge is 1.96. The minimum absolute atomic E-state index is 0.347. The number of carbonyl (C=O) groups excluding carboxylic acids is 1. The van der Waals surface area contributed by atoms with Gasteiger partial charge in [-0.3, -0.25) is 0 Å². The van der Waals surface area contributed by atoms with Crippen molar-refractivity contribution in [3.8, 4) is 0 Å². The molecule has 2 nitrogen and oxygen atoms in total. The monoisotopic (exact) mass is 514 g/mol. The van der Waals surface area contributed by atoms with Crippen molar-refractivity contribution < 1.29 is 9.53 Å². The molecule has 3 aliphatic carbocycles. The molecule has 3 rings (SSSR count). The zero-order chi connectivity index (χ0) is 27.1. The van der Waals surface area contributed by atoms with Crippen molar-refractivity contribution in [1.29, 1.82) is 0 Å². The summed E-state index contributed by atoms with van der Waals surface area (Å²) in [4.78, 5) is 10.2. The van der Waals surface area contributed by atoms with E-state index < -0.39 is 0 Å². The molecule has 0 aromatic heterocycles. The molecule has 0 spiro atoms. The summed E-state index contributed by atoms with van der Waals surface area (Å²) in [5.41, 5.74) is 0.433.